The molecule has 1 N–H and O–H groups in total. The van der Waals surface area contributed by atoms with E-state index in [1.807, 2.05) is 0 Å². The molecule has 0 saturated heterocycles. The highest BCUT2D eigenvalue weighted by molar-refractivity contribution is 4.70. The van der Waals surface area contributed by atoms with Gasteiger partial charge < -0.3 is 4.98 Å². The average Bonchev–Trinajstić information content (AvgIpc) is 2.13. The van der Waals surface area contributed by atoms with Crippen LogP contribution in [0.4, 0.5) is 0 Å². The van der Waals surface area contributed by atoms with Gasteiger partial charge in [0.25, 0.3) is 0 Å². The van der Waals surface area contributed by atoms with Crippen molar-refractivity contribution in [1.29, 1.82) is 0 Å². The molecular weight excluding hydrogens is 126 g/mol. The Balaban J connectivity index is 3.24. The molecule has 0 aliphatic heterocycles. The van der Waals surface area contributed by atoms with E-state index < -0.39 is 10.7 Å². The second-order valence-electron chi connectivity index (χ2n) is 1.35. The van der Waals surface area contributed by atoms with Gasteiger partial charge in [-0.05, 0) is 4.68 Å². The summed E-state index contributed by atoms with van der Waals surface area (Å²) in [6.45, 7) is 0. The van der Waals surface area contributed by atoms with Gasteiger partial charge in [0.15, 0.2) is 5.03 Å². The molecule has 1 aromatic heterocycles. The molecule has 0 spiro atoms. The first-order valence-electron chi connectivity index (χ1n) is 2.12. The molecule has 6 nitrogen and oxygen atoms in total. The van der Waals surface area contributed by atoms with Gasteiger partial charge in [-0.3, -0.25) is 0 Å². The van der Waals surface area contributed by atoms with Crippen LogP contribution in [0.3, 0.4) is 0 Å². The van der Waals surface area contributed by atoms with Gasteiger partial charge in [-0.15, -0.1) is 0 Å². The number of rotatable bonds is 1. The van der Waals surface area contributed by atoms with Crippen molar-refractivity contribution < 1.29 is 5.03 Å². The first kappa shape index (κ1) is 5.54. The predicted molar refractivity (Wildman–Crippen MR) is 27.4 cm³/mol. The summed E-state index contributed by atoms with van der Waals surface area (Å²) in [4.78, 5) is 22.3. The highest BCUT2D eigenvalue weighted by atomic mass is 16.7. The maximum Gasteiger partial charge on any atom is 0.384 e. The molecule has 0 amide bonds. The van der Waals surface area contributed by atoms with Crippen molar-refractivity contribution >= 4 is 0 Å². The molecule has 1 rings (SSSR count). The Morgan fingerprint density at radius 2 is 2.44 bits per heavy atom. The van der Waals surface area contributed by atoms with Crippen LogP contribution in [0, 0.1) is 10.1 Å². The normalized spacial score (nSPS) is 9.33. The van der Waals surface area contributed by atoms with E-state index in [1.54, 1.807) is 0 Å². The van der Waals surface area contributed by atoms with Crippen LogP contribution in [0.2, 0.25) is 0 Å². The number of aromatic nitrogens is 2. The Labute approximate surface area is 48.9 Å². The Bertz CT molecular complexity index is 272. The van der Waals surface area contributed by atoms with Crippen LogP contribution in [-0.4, -0.2) is 14.7 Å². The fourth-order valence-corrected chi connectivity index (χ4v) is 0.442. The number of nitro groups is 1. The third kappa shape index (κ3) is 0.809. The van der Waals surface area contributed by atoms with Crippen LogP contribution in [0.5, 0.6) is 0 Å². The lowest BCUT2D eigenvalue weighted by Crippen LogP contribution is -2.22. The van der Waals surface area contributed by atoms with Crippen LogP contribution in [0.25, 0.3) is 0 Å². The van der Waals surface area contributed by atoms with Crippen LogP contribution in [-0.2, 0) is 0 Å². The van der Waals surface area contributed by atoms with Crippen molar-refractivity contribution in [1.82, 2.24) is 9.66 Å². The molecule has 1 aromatic rings. The lowest BCUT2D eigenvalue weighted by Gasteiger charge is -1.81. The SMILES string of the molecule is O=c1[nH]ccn1[N+](=O)[O-]. The molecule has 48 valence electrons. The summed E-state index contributed by atoms with van der Waals surface area (Å²) < 4.78 is 0.361. The molecule has 1 heterocycles. The number of nitrogens with one attached hydrogen (secondary N) is 1. The number of hydrogen-bond acceptors (Lipinski definition) is 3. The number of nitrogens with zero attached hydrogens (tertiary/aromatic N) is 2. The molecule has 0 fully saturated rings. The van der Waals surface area contributed by atoms with Gasteiger partial charge in [-0.1, -0.05) is 0 Å². The molecular formula is C3H3N3O3. The zero-order chi connectivity index (χ0) is 6.85. The standard InChI is InChI=1S/C3H3N3O3/c7-3-4-1-2-5(3)6(8)9/h1-2H,(H,4,7). The van der Waals surface area contributed by atoms with E-state index in [1.165, 1.54) is 6.20 Å². The quantitative estimate of drug-likeness (QED) is 0.398. The van der Waals surface area contributed by atoms with Crippen molar-refractivity contribution in [2.24, 2.45) is 0 Å². The summed E-state index contributed by atoms with van der Waals surface area (Å²) in [7, 11) is 0. The van der Waals surface area contributed by atoms with Crippen molar-refractivity contribution in [3.8, 4) is 0 Å². The van der Waals surface area contributed by atoms with Crippen LogP contribution < -0.4 is 5.69 Å². The largest absolute Gasteiger partial charge is 0.384 e. The van der Waals surface area contributed by atoms with Crippen LogP contribution >= 0.6 is 0 Å². The fourth-order valence-electron chi connectivity index (χ4n) is 0.442. The zero-order valence-corrected chi connectivity index (χ0v) is 4.27. The zero-order valence-electron chi connectivity index (χ0n) is 4.27. The lowest BCUT2D eigenvalue weighted by atomic mass is 11.0. The third-order valence-corrected chi connectivity index (χ3v) is 0.807. The van der Waals surface area contributed by atoms with Crippen LogP contribution in [0.15, 0.2) is 17.2 Å². The van der Waals surface area contributed by atoms with Crippen molar-refractivity contribution in [3.63, 3.8) is 0 Å². The van der Waals surface area contributed by atoms with Gasteiger partial charge in [0.05, 0.1) is 6.20 Å². The smallest absolute Gasteiger partial charge is 0.308 e. The number of imidazole rings is 1. The van der Waals surface area contributed by atoms with E-state index in [0.29, 0.717) is 4.68 Å². The Morgan fingerprint density at radius 3 is 2.67 bits per heavy atom. The second-order valence-corrected chi connectivity index (χ2v) is 1.35. The molecule has 0 unspecified atom stereocenters. The van der Waals surface area contributed by atoms with Gasteiger partial charge in [0.1, 0.15) is 0 Å². The number of aromatic amines is 1. The van der Waals surface area contributed by atoms with E-state index >= 15 is 0 Å². The first-order chi connectivity index (χ1) is 4.22. The van der Waals surface area contributed by atoms with Crippen molar-refractivity contribution in [3.05, 3.63) is 33.0 Å². The van der Waals surface area contributed by atoms with Gasteiger partial charge in [-0.2, -0.15) is 0 Å². The van der Waals surface area contributed by atoms with E-state index in [9.17, 15) is 14.9 Å². The molecule has 6 heteroatoms. The molecule has 0 atom stereocenters. The minimum absolute atomic E-state index is 0.361. The van der Waals surface area contributed by atoms with E-state index in [-0.39, 0.29) is 0 Å². The van der Waals surface area contributed by atoms with E-state index in [4.69, 9.17) is 0 Å². The molecule has 0 aliphatic rings. The van der Waals surface area contributed by atoms with Gasteiger partial charge in [-0.25, -0.2) is 14.9 Å². The first-order valence-corrected chi connectivity index (χ1v) is 2.12. The van der Waals surface area contributed by atoms with Crippen LogP contribution in [0.1, 0.15) is 0 Å². The highest BCUT2D eigenvalue weighted by Crippen LogP contribution is 1.73. The maximum absolute atomic E-state index is 10.3. The molecule has 0 aliphatic carbocycles. The summed E-state index contributed by atoms with van der Waals surface area (Å²) in [6.07, 6.45) is 2.24. The number of hydrogen-bond donors (Lipinski definition) is 1. The molecule has 0 aromatic carbocycles. The Hall–Kier alpha value is -1.59. The average molecular weight is 129 g/mol. The maximum atomic E-state index is 10.3. The topological polar surface area (TPSA) is 80.9 Å². The summed E-state index contributed by atoms with van der Waals surface area (Å²) in [6, 6.07) is 0. The number of H-pyrrole nitrogens is 1. The summed E-state index contributed by atoms with van der Waals surface area (Å²) in [5.74, 6) is 0. The molecule has 0 saturated carbocycles. The summed E-state index contributed by atoms with van der Waals surface area (Å²) in [5.41, 5.74) is -0.736. The van der Waals surface area contributed by atoms with Gasteiger partial charge in [0.2, 0.25) is 0 Å². The molecule has 9 heavy (non-hydrogen) atoms. The minimum Gasteiger partial charge on any atom is -0.308 e. The fraction of sp³-hybridized carbons (Fsp3) is 0. The lowest BCUT2D eigenvalue weighted by molar-refractivity contribution is -0.544. The van der Waals surface area contributed by atoms with Gasteiger partial charge >= 0.3 is 5.69 Å². The minimum atomic E-state index is -0.807. The van der Waals surface area contributed by atoms with E-state index in [2.05, 4.69) is 4.98 Å². The summed E-state index contributed by atoms with van der Waals surface area (Å²) >= 11 is 0. The van der Waals surface area contributed by atoms with Crippen molar-refractivity contribution in [2.45, 2.75) is 0 Å². The van der Waals surface area contributed by atoms with Crippen molar-refractivity contribution in [2.75, 3.05) is 0 Å². The summed E-state index contributed by atoms with van der Waals surface area (Å²) in [5, 5.41) is 9.02. The predicted octanol–water partition coefficient (Wildman–Crippen LogP) is -0.784. The third-order valence-electron chi connectivity index (χ3n) is 0.807. The monoisotopic (exact) mass is 129 g/mol. The Kier molecular flexibility index (Phi) is 1.07. The molecule has 0 radical (unpaired) electrons. The Morgan fingerprint density at radius 1 is 1.78 bits per heavy atom. The second kappa shape index (κ2) is 1.73. The molecule has 0 bridgehead atoms. The van der Waals surface area contributed by atoms with Gasteiger partial charge in [0, 0.05) is 6.20 Å². The highest BCUT2D eigenvalue weighted by Gasteiger charge is 2.02. The van der Waals surface area contributed by atoms with E-state index in [0.717, 1.165) is 6.20 Å².